The maximum atomic E-state index is 11.9. The van der Waals surface area contributed by atoms with Gasteiger partial charge in [0.15, 0.2) is 0 Å². The van der Waals surface area contributed by atoms with Gasteiger partial charge < -0.3 is 5.32 Å². The van der Waals surface area contributed by atoms with Crippen LogP contribution in [0, 0.1) is 0 Å². The van der Waals surface area contributed by atoms with E-state index in [0.717, 1.165) is 21.5 Å². The highest BCUT2D eigenvalue weighted by Gasteiger charge is 2.05. The number of amides is 1. The summed E-state index contributed by atoms with van der Waals surface area (Å²) in [7, 11) is 0. The summed E-state index contributed by atoms with van der Waals surface area (Å²) in [6, 6.07) is 15.5. The summed E-state index contributed by atoms with van der Waals surface area (Å²) in [5.41, 5.74) is 4.52. The largest absolute Gasteiger partial charge is 0.326 e. The Morgan fingerprint density at radius 3 is 2.84 bits per heavy atom. The molecule has 1 N–H and O–H groups in total. The zero-order valence-electron chi connectivity index (χ0n) is 10.2. The van der Waals surface area contributed by atoms with E-state index in [0.29, 0.717) is 6.42 Å². The minimum Gasteiger partial charge on any atom is -0.326 e. The van der Waals surface area contributed by atoms with Crippen molar-refractivity contribution in [3.05, 3.63) is 59.6 Å². The van der Waals surface area contributed by atoms with Crippen molar-refractivity contribution in [2.45, 2.75) is 6.42 Å². The molecular formula is C15H12N2OS. The molecule has 3 rings (SSSR count). The molecule has 2 aromatic carbocycles. The molecule has 94 valence electrons. The van der Waals surface area contributed by atoms with Gasteiger partial charge in [-0.15, -0.1) is 11.3 Å². The van der Waals surface area contributed by atoms with Crippen molar-refractivity contribution in [3.8, 4) is 0 Å². The Kier molecular flexibility index (Phi) is 3.25. The third kappa shape index (κ3) is 2.80. The van der Waals surface area contributed by atoms with Gasteiger partial charge in [-0.2, -0.15) is 0 Å². The van der Waals surface area contributed by atoms with E-state index in [1.54, 1.807) is 16.8 Å². The third-order valence-corrected chi connectivity index (χ3v) is 3.63. The Morgan fingerprint density at radius 2 is 2.00 bits per heavy atom. The lowest BCUT2D eigenvalue weighted by Crippen LogP contribution is -2.14. The lowest BCUT2D eigenvalue weighted by Gasteiger charge is -2.05. The molecule has 1 aromatic heterocycles. The van der Waals surface area contributed by atoms with E-state index < -0.39 is 0 Å². The summed E-state index contributed by atoms with van der Waals surface area (Å²) in [4.78, 5) is 16.2. The molecule has 0 saturated heterocycles. The van der Waals surface area contributed by atoms with Gasteiger partial charge in [0, 0.05) is 5.69 Å². The predicted octanol–water partition coefficient (Wildman–Crippen LogP) is 3.48. The van der Waals surface area contributed by atoms with Crippen LogP contribution in [-0.2, 0) is 11.2 Å². The molecule has 4 heteroatoms. The second kappa shape index (κ2) is 5.20. The zero-order valence-corrected chi connectivity index (χ0v) is 11.0. The summed E-state index contributed by atoms with van der Waals surface area (Å²) in [5, 5.41) is 2.90. The van der Waals surface area contributed by atoms with Crippen molar-refractivity contribution in [1.29, 1.82) is 0 Å². The fourth-order valence-electron chi connectivity index (χ4n) is 1.92. The van der Waals surface area contributed by atoms with E-state index in [1.165, 1.54) is 0 Å². The number of thiazole rings is 1. The zero-order chi connectivity index (χ0) is 13.1. The molecule has 1 amide bonds. The van der Waals surface area contributed by atoms with Crippen LogP contribution >= 0.6 is 11.3 Å². The highest BCUT2D eigenvalue weighted by molar-refractivity contribution is 7.16. The summed E-state index contributed by atoms with van der Waals surface area (Å²) in [5.74, 6) is -0.0132. The van der Waals surface area contributed by atoms with Crippen molar-refractivity contribution in [2.75, 3.05) is 5.32 Å². The molecule has 0 bridgehead atoms. The van der Waals surface area contributed by atoms with Crippen LogP contribution in [0.15, 0.2) is 54.0 Å². The first-order valence-electron chi connectivity index (χ1n) is 5.98. The molecule has 1 heterocycles. The standard InChI is InChI=1S/C15H12N2OS/c18-15(8-11-4-2-1-3-5-11)17-12-6-7-14-13(9-12)16-10-19-14/h1-7,9-10H,8H2,(H,17,18). The van der Waals surface area contributed by atoms with Crippen molar-refractivity contribution < 1.29 is 4.79 Å². The van der Waals surface area contributed by atoms with Crippen LogP contribution in [-0.4, -0.2) is 10.9 Å². The van der Waals surface area contributed by atoms with Gasteiger partial charge in [-0.1, -0.05) is 30.3 Å². The van der Waals surface area contributed by atoms with Crippen LogP contribution in [0.1, 0.15) is 5.56 Å². The lowest BCUT2D eigenvalue weighted by molar-refractivity contribution is -0.115. The van der Waals surface area contributed by atoms with Crippen molar-refractivity contribution in [1.82, 2.24) is 4.98 Å². The van der Waals surface area contributed by atoms with Crippen LogP contribution < -0.4 is 5.32 Å². The number of benzene rings is 2. The molecular weight excluding hydrogens is 256 g/mol. The molecule has 3 nitrogen and oxygen atoms in total. The van der Waals surface area contributed by atoms with Gasteiger partial charge in [0.25, 0.3) is 0 Å². The van der Waals surface area contributed by atoms with Gasteiger partial charge in [0.05, 0.1) is 22.1 Å². The van der Waals surface area contributed by atoms with Crippen LogP contribution in [0.25, 0.3) is 10.2 Å². The number of rotatable bonds is 3. The first kappa shape index (κ1) is 11.9. The highest BCUT2D eigenvalue weighted by Crippen LogP contribution is 2.21. The van der Waals surface area contributed by atoms with E-state index in [1.807, 2.05) is 48.5 Å². The Bertz CT molecular complexity index is 706. The fourth-order valence-corrected chi connectivity index (χ4v) is 2.58. The third-order valence-electron chi connectivity index (χ3n) is 2.82. The number of nitrogens with zero attached hydrogens (tertiary/aromatic N) is 1. The monoisotopic (exact) mass is 268 g/mol. The Hall–Kier alpha value is -2.20. The number of fused-ring (bicyclic) bond motifs is 1. The molecule has 0 unspecified atom stereocenters. The predicted molar refractivity (Wildman–Crippen MR) is 78.4 cm³/mol. The van der Waals surface area contributed by atoms with Crippen molar-refractivity contribution in [2.24, 2.45) is 0 Å². The number of carbonyl (C=O) groups excluding carboxylic acids is 1. The van der Waals surface area contributed by atoms with Gasteiger partial charge in [0.1, 0.15) is 0 Å². The van der Waals surface area contributed by atoms with E-state index in [9.17, 15) is 4.79 Å². The van der Waals surface area contributed by atoms with Crippen molar-refractivity contribution >= 4 is 33.1 Å². The van der Waals surface area contributed by atoms with Gasteiger partial charge in [-0.25, -0.2) is 4.98 Å². The van der Waals surface area contributed by atoms with Crippen molar-refractivity contribution in [3.63, 3.8) is 0 Å². The maximum absolute atomic E-state index is 11.9. The Morgan fingerprint density at radius 1 is 1.16 bits per heavy atom. The minimum absolute atomic E-state index is 0.0132. The number of aromatic nitrogens is 1. The van der Waals surface area contributed by atoms with Crippen LogP contribution in [0.2, 0.25) is 0 Å². The molecule has 0 aliphatic rings. The summed E-state index contributed by atoms with van der Waals surface area (Å²) in [6.45, 7) is 0. The molecule has 3 aromatic rings. The molecule has 0 saturated carbocycles. The lowest BCUT2D eigenvalue weighted by atomic mass is 10.1. The summed E-state index contributed by atoms with van der Waals surface area (Å²) in [6.07, 6.45) is 0.385. The number of carbonyl (C=O) groups is 1. The summed E-state index contributed by atoms with van der Waals surface area (Å²) < 4.78 is 1.13. The second-order valence-corrected chi connectivity index (χ2v) is 5.13. The number of hydrogen-bond acceptors (Lipinski definition) is 3. The number of nitrogens with one attached hydrogen (secondary N) is 1. The van der Waals surface area contributed by atoms with Crippen LogP contribution in [0.4, 0.5) is 5.69 Å². The molecule has 0 spiro atoms. The molecule has 0 aliphatic carbocycles. The van der Waals surface area contributed by atoms with Gasteiger partial charge in [-0.3, -0.25) is 4.79 Å². The normalized spacial score (nSPS) is 10.5. The van der Waals surface area contributed by atoms with E-state index in [-0.39, 0.29) is 5.91 Å². The SMILES string of the molecule is O=C(Cc1ccccc1)Nc1ccc2scnc2c1. The van der Waals surface area contributed by atoms with Gasteiger partial charge >= 0.3 is 0 Å². The minimum atomic E-state index is -0.0132. The molecule has 0 atom stereocenters. The molecule has 0 radical (unpaired) electrons. The average molecular weight is 268 g/mol. The highest BCUT2D eigenvalue weighted by atomic mass is 32.1. The molecule has 19 heavy (non-hydrogen) atoms. The first-order valence-corrected chi connectivity index (χ1v) is 6.86. The molecule has 0 fully saturated rings. The maximum Gasteiger partial charge on any atom is 0.228 e. The Balaban J connectivity index is 1.72. The first-order chi connectivity index (χ1) is 9.31. The van der Waals surface area contributed by atoms with Crippen LogP contribution in [0.5, 0.6) is 0 Å². The topological polar surface area (TPSA) is 42.0 Å². The number of hydrogen-bond donors (Lipinski definition) is 1. The van der Waals surface area contributed by atoms with Crippen LogP contribution in [0.3, 0.4) is 0 Å². The van der Waals surface area contributed by atoms with Gasteiger partial charge in [-0.05, 0) is 23.8 Å². The van der Waals surface area contributed by atoms with Gasteiger partial charge in [0.2, 0.25) is 5.91 Å². The quantitative estimate of drug-likeness (QED) is 0.790. The second-order valence-electron chi connectivity index (χ2n) is 4.25. The smallest absolute Gasteiger partial charge is 0.228 e. The van der Waals surface area contributed by atoms with E-state index in [4.69, 9.17) is 0 Å². The van der Waals surface area contributed by atoms with E-state index in [2.05, 4.69) is 10.3 Å². The Labute approximate surface area is 114 Å². The average Bonchev–Trinajstić information content (AvgIpc) is 2.87. The fraction of sp³-hybridized carbons (Fsp3) is 0.0667. The summed E-state index contributed by atoms with van der Waals surface area (Å²) >= 11 is 1.59. The van der Waals surface area contributed by atoms with E-state index >= 15 is 0 Å². The number of anilines is 1. The molecule has 0 aliphatic heterocycles.